The molecule has 1 rings (SSSR count). The van der Waals surface area contributed by atoms with Gasteiger partial charge in [0.25, 0.3) is 0 Å². The Balaban J connectivity index is 2.39. The second-order valence-electron chi connectivity index (χ2n) is 4.89. The van der Waals surface area contributed by atoms with Crippen LogP contribution in [-0.2, 0) is 11.3 Å². The van der Waals surface area contributed by atoms with Gasteiger partial charge in [0, 0.05) is 36.4 Å². The Morgan fingerprint density at radius 1 is 1.17 bits per heavy atom. The number of rotatable bonds is 8. The molecule has 1 atom stereocenters. The molecule has 1 unspecified atom stereocenters. The van der Waals surface area contributed by atoms with Crippen molar-refractivity contribution in [2.75, 3.05) is 13.7 Å². The number of thioether (sulfide) groups is 1. The van der Waals surface area contributed by atoms with Crippen LogP contribution < -0.4 is 5.32 Å². The van der Waals surface area contributed by atoms with Gasteiger partial charge in [-0.05, 0) is 24.1 Å². The summed E-state index contributed by atoms with van der Waals surface area (Å²) < 4.78 is 5.10. The molecule has 0 aliphatic heterocycles. The molecule has 1 aromatic carbocycles. The Morgan fingerprint density at radius 3 is 2.39 bits per heavy atom. The Labute approximate surface area is 116 Å². The molecule has 102 valence electrons. The van der Waals surface area contributed by atoms with Crippen LogP contribution in [-0.4, -0.2) is 25.0 Å². The Morgan fingerprint density at radius 2 is 1.83 bits per heavy atom. The summed E-state index contributed by atoms with van der Waals surface area (Å²) in [6.45, 7) is 8.37. The molecule has 3 heteroatoms. The first-order valence-electron chi connectivity index (χ1n) is 6.59. The Hall–Kier alpha value is -0.510. The minimum Gasteiger partial charge on any atom is -0.385 e. The van der Waals surface area contributed by atoms with Gasteiger partial charge in [-0.15, -0.1) is 11.8 Å². The normalized spacial score (nSPS) is 12.9. The Bertz CT molecular complexity index is 324. The molecule has 1 N–H and O–H groups in total. The zero-order valence-electron chi connectivity index (χ0n) is 11.9. The van der Waals surface area contributed by atoms with E-state index in [-0.39, 0.29) is 0 Å². The highest BCUT2D eigenvalue weighted by Gasteiger charge is 2.04. The van der Waals surface area contributed by atoms with E-state index in [0.717, 1.165) is 19.6 Å². The van der Waals surface area contributed by atoms with Crippen molar-refractivity contribution >= 4 is 11.8 Å². The van der Waals surface area contributed by atoms with E-state index < -0.39 is 0 Å². The van der Waals surface area contributed by atoms with Gasteiger partial charge in [-0.25, -0.2) is 0 Å². The predicted molar refractivity (Wildman–Crippen MR) is 80.2 cm³/mol. The maximum Gasteiger partial charge on any atom is 0.0472 e. The summed E-state index contributed by atoms with van der Waals surface area (Å²) in [7, 11) is 1.76. The zero-order chi connectivity index (χ0) is 13.4. The second kappa shape index (κ2) is 8.57. The van der Waals surface area contributed by atoms with Crippen molar-refractivity contribution in [3.8, 4) is 0 Å². The molecule has 2 nitrogen and oxygen atoms in total. The molecule has 0 aliphatic rings. The topological polar surface area (TPSA) is 21.3 Å². The molecule has 0 bridgehead atoms. The van der Waals surface area contributed by atoms with Crippen molar-refractivity contribution in [3.63, 3.8) is 0 Å². The highest BCUT2D eigenvalue weighted by Crippen LogP contribution is 2.25. The molecule has 0 saturated heterocycles. The average Bonchev–Trinajstić information content (AvgIpc) is 2.35. The van der Waals surface area contributed by atoms with Gasteiger partial charge in [0.2, 0.25) is 0 Å². The molecule has 0 aliphatic carbocycles. The van der Waals surface area contributed by atoms with Crippen molar-refractivity contribution in [1.82, 2.24) is 5.32 Å². The third-order valence-corrected chi connectivity index (χ3v) is 3.89. The van der Waals surface area contributed by atoms with Crippen LogP contribution >= 0.6 is 11.8 Å². The molecule has 0 aromatic heterocycles. The summed E-state index contributed by atoms with van der Waals surface area (Å²) in [6.07, 6.45) is 1.10. The van der Waals surface area contributed by atoms with Gasteiger partial charge in [-0.2, -0.15) is 0 Å². The van der Waals surface area contributed by atoms with Crippen molar-refractivity contribution in [1.29, 1.82) is 0 Å². The monoisotopic (exact) mass is 267 g/mol. The fourth-order valence-corrected chi connectivity index (χ4v) is 2.55. The van der Waals surface area contributed by atoms with Gasteiger partial charge in [-0.1, -0.05) is 32.9 Å². The molecule has 0 spiro atoms. The minimum absolute atomic E-state index is 0.535. The molecule has 0 heterocycles. The minimum atomic E-state index is 0.535. The standard InChI is InChI=1S/C15H25NOS/c1-12(2)16-11-14-5-7-15(8-6-14)18-13(3)9-10-17-4/h5-8,12-13,16H,9-11H2,1-4H3. The van der Waals surface area contributed by atoms with Crippen LogP contribution in [0.15, 0.2) is 29.2 Å². The molecular formula is C15H25NOS. The third-order valence-electron chi connectivity index (χ3n) is 2.70. The fraction of sp³-hybridized carbons (Fsp3) is 0.600. The van der Waals surface area contributed by atoms with Crippen LogP contribution in [0.4, 0.5) is 0 Å². The van der Waals surface area contributed by atoms with Gasteiger partial charge in [0.05, 0.1) is 0 Å². The molecular weight excluding hydrogens is 242 g/mol. The molecule has 0 fully saturated rings. The molecule has 0 radical (unpaired) electrons. The van der Waals surface area contributed by atoms with Crippen molar-refractivity contribution < 1.29 is 4.74 Å². The SMILES string of the molecule is COCCC(C)Sc1ccc(CNC(C)C)cc1. The van der Waals surface area contributed by atoms with Crippen LogP contribution in [0.25, 0.3) is 0 Å². The predicted octanol–water partition coefficient (Wildman–Crippen LogP) is 3.70. The first-order chi connectivity index (χ1) is 8.61. The van der Waals surface area contributed by atoms with E-state index in [1.165, 1.54) is 10.5 Å². The highest BCUT2D eigenvalue weighted by atomic mass is 32.2. The largest absolute Gasteiger partial charge is 0.385 e. The summed E-state index contributed by atoms with van der Waals surface area (Å²) in [5.74, 6) is 0. The van der Waals surface area contributed by atoms with E-state index in [9.17, 15) is 0 Å². The lowest BCUT2D eigenvalue weighted by molar-refractivity contribution is 0.195. The summed E-state index contributed by atoms with van der Waals surface area (Å²) >= 11 is 1.92. The van der Waals surface area contributed by atoms with E-state index >= 15 is 0 Å². The van der Waals surface area contributed by atoms with Crippen LogP contribution in [0.5, 0.6) is 0 Å². The van der Waals surface area contributed by atoms with E-state index in [0.29, 0.717) is 11.3 Å². The quantitative estimate of drug-likeness (QED) is 0.726. The second-order valence-corrected chi connectivity index (χ2v) is 6.40. The fourth-order valence-electron chi connectivity index (χ4n) is 1.58. The lowest BCUT2D eigenvalue weighted by atomic mass is 10.2. The molecule has 0 saturated carbocycles. The first-order valence-corrected chi connectivity index (χ1v) is 7.47. The summed E-state index contributed by atoms with van der Waals surface area (Å²) in [5, 5.41) is 4.03. The maximum absolute atomic E-state index is 5.10. The first kappa shape index (κ1) is 15.5. The van der Waals surface area contributed by atoms with Crippen LogP contribution in [0.1, 0.15) is 32.8 Å². The van der Waals surface area contributed by atoms with E-state index in [1.54, 1.807) is 7.11 Å². The van der Waals surface area contributed by atoms with E-state index in [2.05, 4.69) is 50.4 Å². The summed E-state index contributed by atoms with van der Waals surface area (Å²) in [6, 6.07) is 9.38. The zero-order valence-corrected chi connectivity index (χ0v) is 12.7. The summed E-state index contributed by atoms with van der Waals surface area (Å²) in [4.78, 5) is 1.34. The smallest absolute Gasteiger partial charge is 0.0472 e. The van der Waals surface area contributed by atoms with Gasteiger partial charge in [0.15, 0.2) is 0 Å². The number of nitrogens with one attached hydrogen (secondary N) is 1. The van der Waals surface area contributed by atoms with Crippen LogP contribution in [0.2, 0.25) is 0 Å². The lowest BCUT2D eigenvalue weighted by Gasteiger charge is -2.11. The number of hydrogen-bond acceptors (Lipinski definition) is 3. The van der Waals surface area contributed by atoms with Crippen LogP contribution in [0, 0.1) is 0 Å². The maximum atomic E-state index is 5.10. The van der Waals surface area contributed by atoms with Crippen LogP contribution in [0.3, 0.4) is 0 Å². The summed E-state index contributed by atoms with van der Waals surface area (Å²) in [5.41, 5.74) is 1.34. The lowest BCUT2D eigenvalue weighted by Crippen LogP contribution is -2.21. The molecule has 0 amide bonds. The number of methoxy groups -OCH3 is 1. The Kier molecular flexibility index (Phi) is 7.40. The third kappa shape index (κ3) is 6.43. The average molecular weight is 267 g/mol. The van der Waals surface area contributed by atoms with Gasteiger partial charge in [-0.3, -0.25) is 0 Å². The van der Waals surface area contributed by atoms with E-state index in [1.807, 2.05) is 11.8 Å². The number of ether oxygens (including phenoxy) is 1. The van der Waals surface area contributed by atoms with Gasteiger partial charge < -0.3 is 10.1 Å². The van der Waals surface area contributed by atoms with Crippen molar-refractivity contribution in [3.05, 3.63) is 29.8 Å². The molecule has 1 aromatic rings. The van der Waals surface area contributed by atoms with Gasteiger partial charge >= 0.3 is 0 Å². The number of benzene rings is 1. The van der Waals surface area contributed by atoms with Gasteiger partial charge in [0.1, 0.15) is 0 Å². The van der Waals surface area contributed by atoms with Crippen molar-refractivity contribution in [2.45, 2.75) is 49.9 Å². The van der Waals surface area contributed by atoms with E-state index in [4.69, 9.17) is 4.74 Å². The molecule has 18 heavy (non-hydrogen) atoms. The highest BCUT2D eigenvalue weighted by molar-refractivity contribution is 7.99. The number of hydrogen-bond donors (Lipinski definition) is 1. The van der Waals surface area contributed by atoms with Crippen molar-refractivity contribution in [2.24, 2.45) is 0 Å².